The first-order chi connectivity index (χ1) is 7.56. The van der Waals surface area contributed by atoms with Crippen molar-refractivity contribution in [1.29, 1.82) is 0 Å². The fourth-order valence-corrected chi connectivity index (χ4v) is 2.50. The fraction of sp³-hybridized carbons (Fsp3) is 0.462. The zero-order valence-electron chi connectivity index (χ0n) is 9.66. The summed E-state index contributed by atoms with van der Waals surface area (Å²) in [6.07, 6.45) is 0.624. The van der Waals surface area contributed by atoms with Crippen molar-refractivity contribution in [1.82, 2.24) is 5.32 Å². The molecular formula is C13H17NO2. The van der Waals surface area contributed by atoms with E-state index in [2.05, 4.69) is 5.32 Å². The molecule has 0 aliphatic carbocycles. The van der Waals surface area contributed by atoms with Gasteiger partial charge in [0.15, 0.2) is 0 Å². The summed E-state index contributed by atoms with van der Waals surface area (Å²) in [6.45, 7) is 4.75. The second-order valence-electron chi connectivity index (χ2n) is 4.82. The van der Waals surface area contributed by atoms with Gasteiger partial charge in [-0.3, -0.25) is 5.32 Å². The minimum atomic E-state index is -0.884. The number of carboxylic acid groups (broad SMARTS) is 1. The summed E-state index contributed by atoms with van der Waals surface area (Å²) in [5.74, 6) is -0.430. The predicted octanol–water partition coefficient (Wildman–Crippen LogP) is 2.12. The number of hydrogen-bond donors (Lipinski definition) is 2. The number of nitrogens with one attached hydrogen (secondary N) is 1. The maximum absolute atomic E-state index is 11.6. The summed E-state index contributed by atoms with van der Waals surface area (Å²) >= 11 is 0. The lowest BCUT2D eigenvalue weighted by atomic mass is 9.83. The average Bonchev–Trinajstić information content (AvgIpc) is 2.58. The first-order valence-electron chi connectivity index (χ1n) is 5.63. The van der Waals surface area contributed by atoms with Crippen molar-refractivity contribution in [2.45, 2.75) is 32.4 Å². The smallest absolute Gasteiger partial charge is 0.328 e. The molecule has 3 nitrogen and oxygen atoms in total. The number of carboxylic acids is 1. The van der Waals surface area contributed by atoms with Gasteiger partial charge in [0.2, 0.25) is 0 Å². The van der Waals surface area contributed by atoms with Crippen LogP contribution in [0.2, 0.25) is 0 Å². The molecule has 0 amide bonds. The highest BCUT2D eigenvalue weighted by molar-refractivity contribution is 5.82. The second kappa shape index (κ2) is 3.91. The van der Waals surface area contributed by atoms with E-state index >= 15 is 0 Å². The molecule has 0 fully saturated rings. The molecule has 1 aromatic carbocycles. The van der Waals surface area contributed by atoms with E-state index in [-0.39, 0.29) is 0 Å². The monoisotopic (exact) mass is 219 g/mol. The van der Waals surface area contributed by atoms with Gasteiger partial charge in [-0.1, -0.05) is 38.1 Å². The molecule has 0 saturated heterocycles. The van der Waals surface area contributed by atoms with Crippen LogP contribution in [-0.4, -0.2) is 11.1 Å². The van der Waals surface area contributed by atoms with Gasteiger partial charge in [0, 0.05) is 6.54 Å². The van der Waals surface area contributed by atoms with Crippen molar-refractivity contribution in [2.24, 2.45) is 5.92 Å². The van der Waals surface area contributed by atoms with Gasteiger partial charge in [0.1, 0.15) is 5.54 Å². The molecule has 1 aromatic rings. The fourth-order valence-electron chi connectivity index (χ4n) is 2.50. The van der Waals surface area contributed by atoms with Crippen molar-refractivity contribution in [2.75, 3.05) is 0 Å². The average molecular weight is 219 g/mol. The van der Waals surface area contributed by atoms with E-state index < -0.39 is 11.5 Å². The van der Waals surface area contributed by atoms with Gasteiger partial charge in [-0.15, -0.1) is 0 Å². The molecule has 1 atom stereocenters. The lowest BCUT2D eigenvalue weighted by molar-refractivity contribution is -0.145. The molecule has 16 heavy (non-hydrogen) atoms. The summed E-state index contributed by atoms with van der Waals surface area (Å²) in [6, 6.07) is 7.77. The molecule has 0 spiro atoms. The molecule has 3 heteroatoms. The van der Waals surface area contributed by atoms with Crippen LogP contribution in [0.15, 0.2) is 24.3 Å². The maximum atomic E-state index is 11.6. The van der Waals surface area contributed by atoms with E-state index in [4.69, 9.17) is 0 Å². The number of rotatable bonds is 3. The molecule has 1 aliphatic rings. The zero-order valence-corrected chi connectivity index (χ0v) is 9.66. The predicted molar refractivity (Wildman–Crippen MR) is 62.1 cm³/mol. The molecule has 0 bridgehead atoms. The molecule has 2 N–H and O–H groups in total. The van der Waals surface area contributed by atoms with E-state index in [1.54, 1.807) is 0 Å². The van der Waals surface area contributed by atoms with Gasteiger partial charge in [-0.2, -0.15) is 0 Å². The molecule has 2 rings (SSSR count). The minimum Gasteiger partial charge on any atom is -0.480 e. The van der Waals surface area contributed by atoms with Crippen LogP contribution in [0.3, 0.4) is 0 Å². The topological polar surface area (TPSA) is 49.3 Å². The Hall–Kier alpha value is -1.35. The Labute approximate surface area is 95.5 Å². The largest absolute Gasteiger partial charge is 0.480 e. The number of aliphatic carboxylic acids is 1. The highest BCUT2D eigenvalue weighted by Gasteiger charge is 2.45. The number of benzene rings is 1. The Balaban J connectivity index is 2.47. The summed E-state index contributed by atoms with van der Waals surface area (Å²) < 4.78 is 0. The van der Waals surface area contributed by atoms with Gasteiger partial charge in [-0.25, -0.2) is 4.79 Å². The van der Waals surface area contributed by atoms with Crippen LogP contribution >= 0.6 is 0 Å². The lowest BCUT2D eigenvalue weighted by Gasteiger charge is -2.27. The van der Waals surface area contributed by atoms with Crippen molar-refractivity contribution < 1.29 is 9.90 Å². The molecular weight excluding hydrogens is 202 g/mol. The van der Waals surface area contributed by atoms with Crippen molar-refractivity contribution in [3.8, 4) is 0 Å². The van der Waals surface area contributed by atoms with Gasteiger partial charge in [0.05, 0.1) is 0 Å². The van der Waals surface area contributed by atoms with Crippen LogP contribution in [0.4, 0.5) is 0 Å². The SMILES string of the molecule is CC(C)CC1(C(=O)O)NCc2ccccc21. The van der Waals surface area contributed by atoms with Crippen molar-refractivity contribution in [3.63, 3.8) is 0 Å². The Morgan fingerprint density at radius 3 is 2.81 bits per heavy atom. The normalized spacial score (nSPS) is 23.4. The lowest BCUT2D eigenvalue weighted by Crippen LogP contribution is -2.45. The Morgan fingerprint density at radius 1 is 1.50 bits per heavy atom. The van der Waals surface area contributed by atoms with Crippen LogP contribution < -0.4 is 5.32 Å². The van der Waals surface area contributed by atoms with Crippen LogP contribution in [0, 0.1) is 5.92 Å². The third-order valence-electron chi connectivity index (χ3n) is 3.14. The number of hydrogen-bond acceptors (Lipinski definition) is 2. The van der Waals surface area contributed by atoms with E-state index in [0.29, 0.717) is 18.9 Å². The van der Waals surface area contributed by atoms with Crippen LogP contribution in [0.1, 0.15) is 31.4 Å². The van der Waals surface area contributed by atoms with E-state index in [9.17, 15) is 9.90 Å². The zero-order chi connectivity index (χ0) is 11.8. The molecule has 1 unspecified atom stereocenters. The van der Waals surface area contributed by atoms with Crippen LogP contribution in [0.25, 0.3) is 0 Å². The summed E-state index contributed by atoms with van der Waals surface area (Å²) in [5.41, 5.74) is 1.15. The molecule has 1 aliphatic heterocycles. The Bertz CT molecular complexity index is 414. The first kappa shape index (κ1) is 11.1. The summed E-state index contributed by atoms with van der Waals surface area (Å²) in [5, 5.41) is 12.7. The summed E-state index contributed by atoms with van der Waals surface area (Å²) in [7, 11) is 0. The standard InChI is InChI=1S/C13H17NO2/c1-9(2)7-13(12(15)16)11-6-4-3-5-10(11)8-14-13/h3-6,9,14H,7-8H2,1-2H3,(H,15,16). The third kappa shape index (κ3) is 1.61. The Kier molecular flexibility index (Phi) is 2.72. The van der Waals surface area contributed by atoms with Gasteiger partial charge >= 0.3 is 5.97 Å². The first-order valence-corrected chi connectivity index (χ1v) is 5.63. The molecule has 86 valence electrons. The minimum absolute atomic E-state index is 0.342. The molecule has 0 aromatic heterocycles. The highest BCUT2D eigenvalue weighted by atomic mass is 16.4. The van der Waals surface area contributed by atoms with Gasteiger partial charge < -0.3 is 5.11 Å². The quantitative estimate of drug-likeness (QED) is 0.818. The molecule has 1 heterocycles. The van der Waals surface area contributed by atoms with Crippen LogP contribution in [0.5, 0.6) is 0 Å². The second-order valence-corrected chi connectivity index (χ2v) is 4.82. The van der Waals surface area contributed by atoms with E-state index in [0.717, 1.165) is 11.1 Å². The molecule has 0 saturated carbocycles. The molecule has 0 radical (unpaired) electrons. The number of fused-ring (bicyclic) bond motifs is 1. The highest BCUT2D eigenvalue weighted by Crippen LogP contribution is 2.36. The maximum Gasteiger partial charge on any atom is 0.328 e. The van der Waals surface area contributed by atoms with Crippen molar-refractivity contribution in [3.05, 3.63) is 35.4 Å². The Morgan fingerprint density at radius 2 is 2.19 bits per heavy atom. The summed E-state index contributed by atoms with van der Waals surface area (Å²) in [4.78, 5) is 11.6. The van der Waals surface area contributed by atoms with Gasteiger partial charge in [-0.05, 0) is 23.5 Å². The van der Waals surface area contributed by atoms with E-state index in [1.807, 2.05) is 38.1 Å². The van der Waals surface area contributed by atoms with Gasteiger partial charge in [0.25, 0.3) is 0 Å². The van der Waals surface area contributed by atoms with E-state index in [1.165, 1.54) is 0 Å². The third-order valence-corrected chi connectivity index (χ3v) is 3.14. The number of carbonyl (C=O) groups is 1. The van der Waals surface area contributed by atoms with Crippen LogP contribution in [-0.2, 0) is 16.9 Å². The van der Waals surface area contributed by atoms with Crippen molar-refractivity contribution >= 4 is 5.97 Å².